The van der Waals surface area contributed by atoms with E-state index in [4.69, 9.17) is 41.1 Å². The second kappa shape index (κ2) is 10.1. The van der Waals surface area contributed by atoms with Crippen LogP contribution in [-0.2, 0) is 9.47 Å². The van der Waals surface area contributed by atoms with Crippen molar-refractivity contribution in [3.8, 4) is 11.3 Å². The third-order valence-electron chi connectivity index (χ3n) is 9.23. The number of nitrogens with zero attached hydrogens (tertiary/aromatic N) is 7. The molecule has 0 amide bonds. The lowest BCUT2D eigenvalue weighted by atomic mass is 9.91. The van der Waals surface area contributed by atoms with Crippen molar-refractivity contribution in [2.75, 3.05) is 37.8 Å². The Labute approximate surface area is 254 Å². The number of hydrogen-bond donors (Lipinski definition) is 1. The molecule has 1 N–H and O–H groups in total. The van der Waals surface area contributed by atoms with Gasteiger partial charge < -0.3 is 23.9 Å². The van der Waals surface area contributed by atoms with Crippen molar-refractivity contribution < 1.29 is 14.6 Å². The number of aryl methyl sites for hydroxylation is 2. The normalized spacial score (nSPS) is 23.5. The number of aromatic nitrogens is 6. The standard InChI is InChI=1S/C32H36ClN7O3/c1-18-14-22-21(15-35-40(22)23-6-4-5-12-43-23)25(24(18)20-7-8-20)27-28-19(2)26-29(39(28)10-9-34-27)30(37-31(33)36-26)38-11-13-42-17-32(3,41)16-38/h9-10,14-15,20,23,41H,4-8,11-13,16-17H2,1-3H3/t23?,32-/m0/s1. The highest BCUT2D eigenvalue weighted by Crippen LogP contribution is 2.50. The molecule has 10 nitrogen and oxygen atoms in total. The number of ether oxygens (including phenoxy) is 2. The first-order chi connectivity index (χ1) is 20.8. The zero-order chi connectivity index (χ0) is 29.5. The van der Waals surface area contributed by atoms with Crippen LogP contribution in [0.1, 0.15) is 67.9 Å². The molecule has 2 aliphatic heterocycles. The van der Waals surface area contributed by atoms with Crippen LogP contribution in [-0.4, -0.2) is 72.8 Å². The largest absolute Gasteiger partial charge is 0.386 e. The lowest BCUT2D eigenvalue weighted by Gasteiger charge is -2.28. The van der Waals surface area contributed by atoms with Crippen molar-refractivity contribution in [3.63, 3.8) is 0 Å². The van der Waals surface area contributed by atoms with Crippen molar-refractivity contribution in [3.05, 3.63) is 46.6 Å². The van der Waals surface area contributed by atoms with E-state index in [0.29, 0.717) is 31.4 Å². The van der Waals surface area contributed by atoms with E-state index in [1.807, 2.05) is 18.6 Å². The summed E-state index contributed by atoms with van der Waals surface area (Å²) in [5, 5.41) is 17.1. The van der Waals surface area contributed by atoms with E-state index < -0.39 is 5.60 Å². The van der Waals surface area contributed by atoms with Gasteiger partial charge in [-0.15, -0.1) is 0 Å². The molecule has 6 heterocycles. The average molecular weight is 602 g/mol. The van der Waals surface area contributed by atoms with E-state index in [0.717, 1.165) is 70.1 Å². The maximum atomic E-state index is 11.0. The fraction of sp³-hybridized carbons (Fsp3) is 0.500. The molecule has 224 valence electrons. The van der Waals surface area contributed by atoms with Gasteiger partial charge in [0.15, 0.2) is 12.0 Å². The van der Waals surface area contributed by atoms with E-state index in [9.17, 15) is 5.11 Å². The van der Waals surface area contributed by atoms with Crippen LogP contribution < -0.4 is 4.90 Å². The second-order valence-electron chi connectivity index (χ2n) is 12.7. The molecule has 1 aliphatic carbocycles. The Balaban J connectivity index is 1.40. The number of β-amino-alcohol motifs (C(OH)–C–C–N with tert-alkyl or cyclic N) is 1. The molecule has 5 aromatic rings. The third kappa shape index (κ3) is 4.49. The number of fused-ring (bicyclic) bond motifs is 4. The zero-order valence-corrected chi connectivity index (χ0v) is 25.6. The molecule has 2 saturated heterocycles. The number of rotatable bonds is 4. The molecule has 43 heavy (non-hydrogen) atoms. The minimum absolute atomic E-state index is 0.0542. The molecule has 0 spiro atoms. The minimum Gasteiger partial charge on any atom is -0.386 e. The van der Waals surface area contributed by atoms with Crippen molar-refractivity contribution >= 4 is 44.9 Å². The molecule has 0 bridgehead atoms. The van der Waals surface area contributed by atoms with Gasteiger partial charge in [0, 0.05) is 42.1 Å². The summed E-state index contributed by atoms with van der Waals surface area (Å²) in [5.74, 6) is 1.18. The highest BCUT2D eigenvalue weighted by Gasteiger charge is 2.34. The Morgan fingerprint density at radius 1 is 1.09 bits per heavy atom. The minimum atomic E-state index is -1.02. The van der Waals surface area contributed by atoms with Crippen LogP contribution in [0.4, 0.5) is 5.82 Å². The fourth-order valence-corrected chi connectivity index (χ4v) is 7.36. The Kier molecular flexibility index (Phi) is 6.41. The summed E-state index contributed by atoms with van der Waals surface area (Å²) >= 11 is 6.57. The maximum Gasteiger partial charge on any atom is 0.225 e. The van der Waals surface area contributed by atoms with E-state index >= 15 is 0 Å². The van der Waals surface area contributed by atoms with Gasteiger partial charge in [-0.05, 0) is 87.6 Å². The third-order valence-corrected chi connectivity index (χ3v) is 9.39. The summed E-state index contributed by atoms with van der Waals surface area (Å²) in [6.45, 7) is 8.54. The SMILES string of the molecule is Cc1cc2c(cnn2C2CCCCO2)c(-c2nccn3c2c(C)c2nc(Cl)nc(N4CCOC[C@@](C)(O)C4)c23)c1C1CC1. The number of aliphatic hydroxyl groups is 1. The van der Waals surface area contributed by atoms with E-state index in [1.54, 1.807) is 6.92 Å². The van der Waals surface area contributed by atoms with Crippen molar-refractivity contribution in [1.29, 1.82) is 0 Å². The van der Waals surface area contributed by atoms with Crippen molar-refractivity contribution in [2.24, 2.45) is 0 Å². The Bertz CT molecular complexity index is 1890. The van der Waals surface area contributed by atoms with Crippen LogP contribution in [0.15, 0.2) is 24.7 Å². The molecular weight excluding hydrogens is 566 g/mol. The molecule has 3 fully saturated rings. The quantitative estimate of drug-likeness (QED) is 0.261. The predicted octanol–water partition coefficient (Wildman–Crippen LogP) is 5.73. The molecule has 2 atom stereocenters. The first kappa shape index (κ1) is 27.3. The summed E-state index contributed by atoms with van der Waals surface area (Å²) in [5.41, 5.74) is 8.31. The van der Waals surface area contributed by atoms with Gasteiger partial charge >= 0.3 is 0 Å². The first-order valence-corrected chi connectivity index (χ1v) is 15.7. The van der Waals surface area contributed by atoms with Crippen LogP contribution in [0.5, 0.6) is 0 Å². The van der Waals surface area contributed by atoms with Crippen LogP contribution in [0, 0.1) is 13.8 Å². The monoisotopic (exact) mass is 601 g/mol. The summed E-state index contributed by atoms with van der Waals surface area (Å²) in [6.07, 6.45) is 11.3. The Morgan fingerprint density at radius 3 is 2.74 bits per heavy atom. The van der Waals surface area contributed by atoms with Gasteiger partial charge in [0.1, 0.15) is 11.1 Å². The number of anilines is 1. The summed E-state index contributed by atoms with van der Waals surface area (Å²) < 4.78 is 16.1. The number of halogens is 1. The van der Waals surface area contributed by atoms with E-state index in [-0.39, 0.29) is 18.1 Å². The summed E-state index contributed by atoms with van der Waals surface area (Å²) in [6, 6.07) is 2.29. The predicted molar refractivity (Wildman–Crippen MR) is 166 cm³/mol. The molecule has 1 aromatic carbocycles. The van der Waals surface area contributed by atoms with Crippen LogP contribution in [0.25, 0.3) is 38.7 Å². The summed E-state index contributed by atoms with van der Waals surface area (Å²) in [7, 11) is 0. The van der Waals surface area contributed by atoms with Gasteiger partial charge in [0.2, 0.25) is 5.28 Å². The molecule has 8 rings (SSSR count). The molecule has 1 unspecified atom stereocenters. The Hall–Kier alpha value is -3.31. The number of benzene rings is 1. The molecule has 0 radical (unpaired) electrons. The Morgan fingerprint density at radius 2 is 1.95 bits per heavy atom. The maximum absolute atomic E-state index is 11.0. The van der Waals surface area contributed by atoms with Crippen molar-refractivity contribution in [2.45, 2.75) is 70.6 Å². The smallest absolute Gasteiger partial charge is 0.225 e. The molecule has 1 saturated carbocycles. The second-order valence-corrected chi connectivity index (χ2v) is 13.0. The molecular formula is C32H36ClN7O3. The molecule has 3 aliphatic rings. The lowest BCUT2D eigenvalue weighted by molar-refractivity contribution is -0.0366. The van der Waals surface area contributed by atoms with E-state index in [2.05, 4.69) is 33.9 Å². The highest BCUT2D eigenvalue weighted by molar-refractivity contribution is 6.29. The zero-order valence-electron chi connectivity index (χ0n) is 24.8. The van der Waals surface area contributed by atoms with Crippen molar-refractivity contribution in [1.82, 2.24) is 29.1 Å². The van der Waals surface area contributed by atoms with Gasteiger partial charge in [-0.1, -0.05) is 0 Å². The molecule has 11 heteroatoms. The van der Waals surface area contributed by atoms with Gasteiger partial charge in [-0.2, -0.15) is 10.1 Å². The van der Waals surface area contributed by atoms with Gasteiger partial charge in [0.05, 0.1) is 48.2 Å². The van der Waals surface area contributed by atoms with Crippen LogP contribution >= 0.6 is 11.6 Å². The van der Waals surface area contributed by atoms with Gasteiger partial charge in [-0.25, -0.2) is 9.67 Å². The average Bonchev–Trinajstić information content (AvgIpc) is 3.72. The van der Waals surface area contributed by atoms with Gasteiger partial charge in [-0.3, -0.25) is 4.98 Å². The van der Waals surface area contributed by atoms with Crippen LogP contribution in [0.3, 0.4) is 0 Å². The topological polar surface area (TPSA) is 103 Å². The fourth-order valence-electron chi connectivity index (χ4n) is 7.20. The first-order valence-electron chi connectivity index (χ1n) is 15.3. The van der Waals surface area contributed by atoms with Crippen LogP contribution in [0.2, 0.25) is 5.28 Å². The summed E-state index contributed by atoms with van der Waals surface area (Å²) in [4.78, 5) is 16.6. The number of hydrogen-bond acceptors (Lipinski definition) is 8. The highest BCUT2D eigenvalue weighted by atomic mass is 35.5. The molecule has 4 aromatic heterocycles. The lowest BCUT2D eigenvalue weighted by Crippen LogP contribution is -2.42. The van der Waals surface area contributed by atoms with E-state index in [1.165, 1.54) is 24.0 Å². The van der Waals surface area contributed by atoms with Gasteiger partial charge in [0.25, 0.3) is 0 Å².